The molecule has 16 heavy (non-hydrogen) atoms. The van der Waals surface area contributed by atoms with E-state index in [1.807, 2.05) is 0 Å². The van der Waals surface area contributed by atoms with Crippen LogP contribution in [0.3, 0.4) is 0 Å². The summed E-state index contributed by atoms with van der Waals surface area (Å²) in [4.78, 5) is 24.2. The number of amides is 2. The van der Waals surface area contributed by atoms with Crippen molar-refractivity contribution in [2.75, 3.05) is 4.90 Å². The number of para-hydroxylation sites is 1. The molecule has 0 aliphatic carbocycles. The van der Waals surface area contributed by atoms with E-state index in [1.165, 1.54) is 0 Å². The Morgan fingerprint density at radius 2 is 1.94 bits per heavy atom. The Labute approximate surface area is 97.3 Å². The number of nitrogens with two attached hydrogens (primary N) is 1. The van der Waals surface area contributed by atoms with E-state index in [4.69, 9.17) is 17.3 Å². The van der Waals surface area contributed by atoms with Crippen molar-refractivity contribution in [3.05, 3.63) is 40.9 Å². The van der Waals surface area contributed by atoms with Crippen molar-refractivity contribution < 1.29 is 9.59 Å². The summed E-state index contributed by atoms with van der Waals surface area (Å²) in [5, 5.41) is -0.0724. The van der Waals surface area contributed by atoms with E-state index in [1.54, 1.807) is 24.3 Å². The molecular formula is C11H9ClN2O2. The van der Waals surface area contributed by atoms with Gasteiger partial charge >= 0.3 is 0 Å². The first-order valence-corrected chi connectivity index (χ1v) is 5.06. The third kappa shape index (κ3) is 1.62. The Kier molecular flexibility index (Phi) is 2.77. The number of carbonyl (C=O) groups excluding carboxylic acids is 2. The molecular weight excluding hydrogens is 228 g/mol. The predicted octanol–water partition coefficient (Wildman–Crippen LogP) is 1.14. The molecule has 2 N–H and O–H groups in total. The van der Waals surface area contributed by atoms with Crippen LogP contribution in [0.4, 0.5) is 5.69 Å². The van der Waals surface area contributed by atoms with Crippen LogP contribution < -0.4 is 10.6 Å². The lowest BCUT2D eigenvalue weighted by Crippen LogP contribution is -2.31. The summed E-state index contributed by atoms with van der Waals surface area (Å²) in [5.74, 6) is -0.941. The van der Waals surface area contributed by atoms with Gasteiger partial charge in [0.05, 0.1) is 5.69 Å². The molecule has 1 aliphatic heterocycles. The minimum absolute atomic E-state index is 0.0724. The molecule has 5 heteroatoms. The van der Waals surface area contributed by atoms with Gasteiger partial charge in [0, 0.05) is 12.6 Å². The summed E-state index contributed by atoms with van der Waals surface area (Å²) in [6, 6.07) is 6.97. The number of anilines is 1. The molecule has 0 unspecified atom stereocenters. The zero-order valence-electron chi connectivity index (χ0n) is 8.31. The summed E-state index contributed by atoms with van der Waals surface area (Å²) in [5.41, 5.74) is 6.76. The first kappa shape index (κ1) is 10.9. The number of hydrogen-bond acceptors (Lipinski definition) is 3. The van der Waals surface area contributed by atoms with Crippen LogP contribution in [0.25, 0.3) is 0 Å². The number of carbonyl (C=O) groups is 2. The Hall–Kier alpha value is -1.65. The minimum Gasteiger partial charge on any atom is -0.326 e. The standard InChI is InChI=1S/C11H9ClN2O2/c12-8-5-10(15)14(11(8)16)9-4-2-1-3-7(9)6-13/h1-5H,6,13H2. The normalized spacial score (nSPS) is 15.6. The molecule has 1 aromatic carbocycles. The zero-order chi connectivity index (χ0) is 11.7. The molecule has 2 rings (SSSR count). The minimum atomic E-state index is -0.507. The van der Waals surface area contributed by atoms with Crippen LogP contribution in [-0.2, 0) is 16.1 Å². The van der Waals surface area contributed by atoms with E-state index in [0.717, 1.165) is 16.5 Å². The second-order valence-corrected chi connectivity index (χ2v) is 3.71. The lowest BCUT2D eigenvalue weighted by Gasteiger charge is -2.17. The van der Waals surface area contributed by atoms with E-state index in [9.17, 15) is 9.59 Å². The van der Waals surface area contributed by atoms with Gasteiger partial charge < -0.3 is 5.73 Å². The Bertz CT molecular complexity index is 497. The van der Waals surface area contributed by atoms with E-state index in [0.29, 0.717) is 5.69 Å². The molecule has 0 saturated carbocycles. The highest BCUT2D eigenvalue weighted by atomic mass is 35.5. The summed E-state index contributed by atoms with van der Waals surface area (Å²) >= 11 is 5.62. The second kappa shape index (κ2) is 4.08. The number of halogens is 1. The number of rotatable bonds is 2. The van der Waals surface area contributed by atoms with Crippen molar-refractivity contribution in [3.8, 4) is 0 Å². The van der Waals surface area contributed by atoms with Crippen molar-refractivity contribution in [3.63, 3.8) is 0 Å². The quantitative estimate of drug-likeness (QED) is 0.784. The molecule has 0 bridgehead atoms. The lowest BCUT2D eigenvalue weighted by atomic mass is 10.1. The topological polar surface area (TPSA) is 63.4 Å². The maximum absolute atomic E-state index is 11.6. The number of hydrogen-bond donors (Lipinski definition) is 1. The monoisotopic (exact) mass is 236 g/mol. The molecule has 82 valence electrons. The van der Waals surface area contributed by atoms with Gasteiger partial charge in [0.15, 0.2) is 0 Å². The zero-order valence-corrected chi connectivity index (χ0v) is 9.07. The van der Waals surface area contributed by atoms with Gasteiger partial charge in [-0.25, -0.2) is 4.90 Å². The number of imide groups is 1. The van der Waals surface area contributed by atoms with Crippen molar-refractivity contribution in [1.82, 2.24) is 0 Å². The maximum atomic E-state index is 11.6. The predicted molar refractivity (Wildman–Crippen MR) is 60.8 cm³/mol. The van der Waals surface area contributed by atoms with Crippen molar-refractivity contribution in [1.29, 1.82) is 0 Å². The first-order chi connectivity index (χ1) is 7.65. The largest absolute Gasteiger partial charge is 0.326 e. The van der Waals surface area contributed by atoms with E-state index >= 15 is 0 Å². The molecule has 1 heterocycles. The van der Waals surface area contributed by atoms with Crippen LogP contribution in [0.1, 0.15) is 5.56 Å². The second-order valence-electron chi connectivity index (χ2n) is 3.30. The van der Waals surface area contributed by atoms with Crippen LogP contribution in [0.15, 0.2) is 35.4 Å². The highest BCUT2D eigenvalue weighted by molar-refractivity contribution is 6.51. The van der Waals surface area contributed by atoms with Crippen molar-refractivity contribution >= 4 is 29.1 Å². The van der Waals surface area contributed by atoms with Crippen LogP contribution >= 0.6 is 11.6 Å². The molecule has 0 atom stereocenters. The van der Waals surface area contributed by atoms with Crippen LogP contribution in [0.2, 0.25) is 0 Å². The fourth-order valence-electron chi connectivity index (χ4n) is 1.57. The van der Waals surface area contributed by atoms with Gasteiger partial charge in [-0.1, -0.05) is 29.8 Å². The summed E-state index contributed by atoms with van der Waals surface area (Å²) in [6.07, 6.45) is 1.11. The third-order valence-corrected chi connectivity index (χ3v) is 2.60. The van der Waals surface area contributed by atoms with Crippen LogP contribution in [0, 0.1) is 0 Å². The fourth-order valence-corrected chi connectivity index (χ4v) is 1.75. The highest BCUT2D eigenvalue weighted by Gasteiger charge is 2.32. The molecule has 0 spiro atoms. The average molecular weight is 237 g/mol. The molecule has 4 nitrogen and oxygen atoms in total. The van der Waals surface area contributed by atoms with E-state index in [-0.39, 0.29) is 11.6 Å². The molecule has 0 radical (unpaired) electrons. The van der Waals surface area contributed by atoms with Gasteiger partial charge in [-0.05, 0) is 11.6 Å². The molecule has 2 amide bonds. The smallest absolute Gasteiger partial charge is 0.277 e. The molecule has 0 saturated heterocycles. The van der Waals surface area contributed by atoms with Gasteiger partial charge in [0.25, 0.3) is 11.8 Å². The maximum Gasteiger partial charge on any atom is 0.277 e. The van der Waals surface area contributed by atoms with E-state index in [2.05, 4.69) is 0 Å². The van der Waals surface area contributed by atoms with E-state index < -0.39 is 11.8 Å². The molecule has 0 aromatic heterocycles. The Morgan fingerprint density at radius 1 is 1.25 bits per heavy atom. The highest BCUT2D eigenvalue weighted by Crippen LogP contribution is 2.27. The Balaban J connectivity index is 2.46. The SMILES string of the molecule is NCc1ccccc1N1C(=O)C=C(Cl)C1=O. The summed E-state index contributed by atoms with van der Waals surface area (Å²) in [6.45, 7) is 0.255. The van der Waals surface area contributed by atoms with Gasteiger partial charge in [0.2, 0.25) is 0 Å². The number of nitrogens with zero attached hydrogens (tertiary/aromatic N) is 1. The molecule has 1 aromatic rings. The van der Waals surface area contributed by atoms with Gasteiger partial charge in [-0.15, -0.1) is 0 Å². The van der Waals surface area contributed by atoms with Crippen LogP contribution in [-0.4, -0.2) is 11.8 Å². The lowest BCUT2D eigenvalue weighted by molar-refractivity contribution is -0.120. The summed E-state index contributed by atoms with van der Waals surface area (Å²) in [7, 11) is 0. The fraction of sp³-hybridized carbons (Fsp3) is 0.0909. The summed E-state index contributed by atoms with van der Waals surface area (Å²) < 4.78 is 0. The average Bonchev–Trinajstić information content (AvgIpc) is 2.53. The van der Waals surface area contributed by atoms with Crippen LogP contribution in [0.5, 0.6) is 0 Å². The number of benzene rings is 1. The molecule has 0 fully saturated rings. The van der Waals surface area contributed by atoms with Gasteiger partial charge in [-0.3, -0.25) is 9.59 Å². The van der Waals surface area contributed by atoms with Gasteiger partial charge in [-0.2, -0.15) is 0 Å². The Morgan fingerprint density at radius 3 is 2.50 bits per heavy atom. The van der Waals surface area contributed by atoms with Gasteiger partial charge in [0.1, 0.15) is 5.03 Å². The first-order valence-electron chi connectivity index (χ1n) is 4.68. The van der Waals surface area contributed by atoms with Crippen molar-refractivity contribution in [2.24, 2.45) is 5.73 Å². The van der Waals surface area contributed by atoms with Crippen molar-refractivity contribution in [2.45, 2.75) is 6.54 Å². The third-order valence-electron chi connectivity index (χ3n) is 2.33. The molecule has 1 aliphatic rings.